The summed E-state index contributed by atoms with van der Waals surface area (Å²) in [4.78, 5) is 27.2. The van der Waals surface area contributed by atoms with Gasteiger partial charge in [-0.15, -0.1) is 0 Å². The molecule has 3 rings (SSSR count). The van der Waals surface area contributed by atoms with Gasteiger partial charge >= 0.3 is 6.03 Å². The standard InChI is InChI=1S/C15H12N4O3/c1-8-10(7-17)9(6-16)2-3-11(8)19-14(21)13-12(20)4-5-18(13)15(19)22/h2-3,12-13,20H,4-5H2,1H3/t12-,13?/m1/s1. The van der Waals surface area contributed by atoms with Crippen LogP contribution in [-0.2, 0) is 4.79 Å². The molecular formula is C15H12N4O3. The zero-order valence-electron chi connectivity index (χ0n) is 11.8. The average molecular weight is 296 g/mol. The summed E-state index contributed by atoms with van der Waals surface area (Å²) in [7, 11) is 0. The highest BCUT2D eigenvalue weighted by Crippen LogP contribution is 2.34. The number of amides is 3. The number of nitrogens with zero attached hydrogens (tertiary/aromatic N) is 4. The Kier molecular flexibility index (Phi) is 3.09. The maximum atomic E-state index is 12.5. The van der Waals surface area contributed by atoms with Crippen molar-refractivity contribution in [3.8, 4) is 12.1 Å². The predicted octanol–water partition coefficient (Wildman–Crippen LogP) is 0.640. The van der Waals surface area contributed by atoms with Crippen molar-refractivity contribution >= 4 is 17.6 Å². The van der Waals surface area contributed by atoms with Crippen molar-refractivity contribution in [1.29, 1.82) is 10.5 Å². The molecule has 2 saturated heterocycles. The second-order valence-electron chi connectivity index (χ2n) is 5.31. The molecule has 3 amide bonds. The van der Waals surface area contributed by atoms with Crippen LogP contribution in [0.4, 0.5) is 10.5 Å². The third-order valence-electron chi connectivity index (χ3n) is 4.19. The largest absolute Gasteiger partial charge is 0.390 e. The third-order valence-corrected chi connectivity index (χ3v) is 4.19. The summed E-state index contributed by atoms with van der Waals surface area (Å²) in [6, 6.07) is 5.40. The normalized spacial score (nSPS) is 23.5. The van der Waals surface area contributed by atoms with Crippen molar-refractivity contribution in [1.82, 2.24) is 4.90 Å². The maximum Gasteiger partial charge on any atom is 0.332 e. The van der Waals surface area contributed by atoms with Crippen LogP contribution in [-0.4, -0.2) is 40.6 Å². The second-order valence-corrected chi connectivity index (χ2v) is 5.31. The zero-order valence-corrected chi connectivity index (χ0v) is 11.8. The molecule has 7 nitrogen and oxygen atoms in total. The van der Waals surface area contributed by atoms with E-state index in [-0.39, 0.29) is 16.8 Å². The van der Waals surface area contributed by atoms with E-state index in [1.807, 2.05) is 12.1 Å². The lowest BCUT2D eigenvalue weighted by molar-refractivity contribution is -0.121. The van der Waals surface area contributed by atoms with Crippen molar-refractivity contribution < 1.29 is 14.7 Å². The Balaban J connectivity index is 2.10. The first-order valence-corrected chi connectivity index (χ1v) is 6.77. The van der Waals surface area contributed by atoms with Gasteiger partial charge in [0.05, 0.1) is 22.9 Å². The van der Waals surface area contributed by atoms with Gasteiger partial charge in [-0.3, -0.25) is 4.79 Å². The van der Waals surface area contributed by atoms with Crippen molar-refractivity contribution in [2.45, 2.75) is 25.5 Å². The first-order chi connectivity index (χ1) is 10.5. The smallest absolute Gasteiger partial charge is 0.332 e. The molecule has 22 heavy (non-hydrogen) atoms. The summed E-state index contributed by atoms with van der Waals surface area (Å²) in [5.41, 5.74) is 1.03. The highest BCUT2D eigenvalue weighted by molar-refractivity contribution is 6.22. The van der Waals surface area contributed by atoms with Gasteiger partial charge in [-0.1, -0.05) is 0 Å². The fourth-order valence-corrected chi connectivity index (χ4v) is 3.05. The molecule has 2 heterocycles. The molecule has 1 aromatic carbocycles. The van der Waals surface area contributed by atoms with Crippen LogP contribution in [0, 0.1) is 29.6 Å². The van der Waals surface area contributed by atoms with E-state index in [9.17, 15) is 20.0 Å². The molecule has 2 aliphatic heterocycles. The molecule has 1 aromatic rings. The van der Waals surface area contributed by atoms with Gasteiger partial charge in [-0.2, -0.15) is 10.5 Å². The quantitative estimate of drug-likeness (QED) is 0.765. The monoisotopic (exact) mass is 296 g/mol. The van der Waals surface area contributed by atoms with Crippen LogP contribution in [0.25, 0.3) is 0 Å². The lowest BCUT2D eigenvalue weighted by Gasteiger charge is -2.18. The number of imide groups is 1. The van der Waals surface area contributed by atoms with E-state index in [1.165, 1.54) is 17.0 Å². The van der Waals surface area contributed by atoms with E-state index in [2.05, 4.69) is 0 Å². The van der Waals surface area contributed by atoms with Crippen molar-refractivity contribution in [2.24, 2.45) is 0 Å². The maximum absolute atomic E-state index is 12.5. The van der Waals surface area contributed by atoms with Crippen molar-refractivity contribution in [3.05, 3.63) is 28.8 Å². The Labute approximate surface area is 126 Å². The lowest BCUT2D eigenvalue weighted by atomic mass is 10.0. The Morgan fingerprint density at radius 2 is 2.00 bits per heavy atom. The number of benzene rings is 1. The Morgan fingerprint density at radius 1 is 1.27 bits per heavy atom. The van der Waals surface area contributed by atoms with Gasteiger partial charge in [-0.05, 0) is 31.0 Å². The van der Waals surface area contributed by atoms with Crippen LogP contribution >= 0.6 is 0 Å². The van der Waals surface area contributed by atoms with E-state index in [0.717, 1.165) is 4.90 Å². The fourth-order valence-electron chi connectivity index (χ4n) is 3.05. The van der Waals surface area contributed by atoms with Gasteiger partial charge in [0.1, 0.15) is 18.2 Å². The molecule has 2 fully saturated rings. The van der Waals surface area contributed by atoms with E-state index in [4.69, 9.17) is 5.26 Å². The van der Waals surface area contributed by atoms with Crippen LogP contribution in [0.15, 0.2) is 12.1 Å². The minimum absolute atomic E-state index is 0.146. The number of aliphatic hydroxyl groups is 1. The summed E-state index contributed by atoms with van der Waals surface area (Å²) in [6.45, 7) is 1.92. The molecular weight excluding hydrogens is 284 g/mol. The zero-order chi connectivity index (χ0) is 16.0. The van der Waals surface area contributed by atoms with Crippen molar-refractivity contribution in [3.63, 3.8) is 0 Å². The minimum atomic E-state index is -0.865. The van der Waals surface area contributed by atoms with Crippen LogP contribution in [0.1, 0.15) is 23.1 Å². The van der Waals surface area contributed by atoms with Crippen LogP contribution in [0.5, 0.6) is 0 Å². The fraction of sp³-hybridized carbons (Fsp3) is 0.333. The number of anilines is 1. The van der Waals surface area contributed by atoms with E-state index >= 15 is 0 Å². The lowest BCUT2D eigenvalue weighted by Crippen LogP contribution is -2.36. The van der Waals surface area contributed by atoms with Gasteiger partial charge in [0.25, 0.3) is 5.91 Å². The Bertz CT molecular complexity index is 774. The number of nitriles is 2. The number of urea groups is 1. The van der Waals surface area contributed by atoms with Gasteiger partial charge in [0, 0.05) is 6.54 Å². The summed E-state index contributed by atoms with van der Waals surface area (Å²) in [5.74, 6) is -0.494. The SMILES string of the molecule is Cc1c(N2C(=O)C3[C@H](O)CCN3C2=O)ccc(C#N)c1C#N. The molecule has 1 N–H and O–H groups in total. The third kappa shape index (κ3) is 1.70. The van der Waals surface area contributed by atoms with E-state index in [1.54, 1.807) is 6.92 Å². The molecule has 0 radical (unpaired) electrons. The van der Waals surface area contributed by atoms with Gasteiger partial charge in [0.15, 0.2) is 0 Å². The summed E-state index contributed by atoms with van der Waals surface area (Å²) in [6.07, 6.45) is -0.484. The first kappa shape index (κ1) is 14.1. The number of rotatable bonds is 1. The molecule has 2 atom stereocenters. The molecule has 0 spiro atoms. The molecule has 7 heteroatoms. The molecule has 2 aliphatic rings. The minimum Gasteiger partial charge on any atom is -0.390 e. The van der Waals surface area contributed by atoms with E-state index < -0.39 is 24.1 Å². The number of hydrogen-bond acceptors (Lipinski definition) is 5. The molecule has 0 aromatic heterocycles. The molecule has 0 bridgehead atoms. The summed E-state index contributed by atoms with van der Waals surface area (Å²) < 4.78 is 0. The number of hydrogen-bond donors (Lipinski definition) is 1. The molecule has 110 valence electrons. The van der Waals surface area contributed by atoms with Crippen molar-refractivity contribution in [2.75, 3.05) is 11.4 Å². The van der Waals surface area contributed by atoms with Gasteiger partial charge < -0.3 is 10.0 Å². The number of carbonyl (C=O) groups is 2. The predicted molar refractivity (Wildman–Crippen MR) is 74.6 cm³/mol. The summed E-state index contributed by atoms with van der Waals surface area (Å²) >= 11 is 0. The van der Waals surface area contributed by atoms with E-state index in [0.29, 0.717) is 18.5 Å². The Morgan fingerprint density at radius 3 is 2.59 bits per heavy atom. The van der Waals surface area contributed by atoms with Crippen LogP contribution in [0.3, 0.4) is 0 Å². The highest BCUT2D eigenvalue weighted by Gasteiger charge is 2.52. The van der Waals surface area contributed by atoms with Gasteiger partial charge in [0.2, 0.25) is 0 Å². The number of aliphatic hydroxyl groups excluding tert-OH is 1. The van der Waals surface area contributed by atoms with Crippen LogP contribution in [0.2, 0.25) is 0 Å². The average Bonchev–Trinajstić information content (AvgIpc) is 3.00. The van der Waals surface area contributed by atoms with Crippen LogP contribution < -0.4 is 4.90 Å². The topological polar surface area (TPSA) is 108 Å². The molecule has 0 aliphatic carbocycles. The van der Waals surface area contributed by atoms with Gasteiger partial charge in [-0.25, -0.2) is 9.69 Å². The number of fused-ring (bicyclic) bond motifs is 1. The first-order valence-electron chi connectivity index (χ1n) is 6.77. The second kappa shape index (κ2) is 4.83. The molecule has 1 unspecified atom stereocenters. The summed E-state index contributed by atoms with van der Waals surface area (Å²) in [5, 5.41) is 28.1. The molecule has 0 saturated carbocycles. The highest BCUT2D eigenvalue weighted by atomic mass is 16.3. The number of carbonyl (C=O) groups excluding carboxylic acids is 2. The Hall–Kier alpha value is -2.90.